The van der Waals surface area contributed by atoms with Gasteiger partial charge < -0.3 is 10.8 Å². The second-order valence-electron chi connectivity index (χ2n) is 4.36. The number of rotatable bonds is 5. The molecule has 9 nitrogen and oxygen atoms in total. The van der Waals surface area contributed by atoms with Crippen LogP contribution in [0.15, 0.2) is 35.4 Å². The fourth-order valence-corrected chi connectivity index (χ4v) is 2.77. The molecule has 116 valence electrons. The summed E-state index contributed by atoms with van der Waals surface area (Å²) in [6, 6.07) is 4.91. The van der Waals surface area contributed by atoms with E-state index >= 15 is 0 Å². The molecule has 22 heavy (non-hydrogen) atoms. The van der Waals surface area contributed by atoms with E-state index in [2.05, 4.69) is 9.82 Å². The van der Waals surface area contributed by atoms with Crippen molar-refractivity contribution in [3.8, 4) is 0 Å². The van der Waals surface area contributed by atoms with Crippen molar-refractivity contribution < 1.29 is 23.1 Å². The summed E-state index contributed by atoms with van der Waals surface area (Å²) in [5.74, 6) is -2.04. The maximum absolute atomic E-state index is 12.2. The molecule has 0 radical (unpaired) electrons. The van der Waals surface area contributed by atoms with Gasteiger partial charge in [-0.25, -0.2) is 13.2 Å². The summed E-state index contributed by atoms with van der Waals surface area (Å²) in [6.45, 7) is 0. The van der Waals surface area contributed by atoms with Gasteiger partial charge in [0.05, 0.1) is 4.90 Å². The second-order valence-corrected chi connectivity index (χ2v) is 6.05. The highest BCUT2D eigenvalue weighted by Crippen LogP contribution is 2.19. The molecule has 4 N–H and O–H groups in total. The number of aromatic nitrogens is 2. The van der Waals surface area contributed by atoms with Gasteiger partial charge in [-0.2, -0.15) is 5.10 Å². The average molecular weight is 324 g/mol. The Labute approximate surface area is 125 Å². The number of carboxylic acid groups (broad SMARTS) is 1. The SMILES string of the molecule is Cn1cc(NS(=O)(=O)c2ccc(C(N)=O)cc2)c(C(=O)O)n1. The number of sulfonamides is 1. The molecule has 0 bridgehead atoms. The van der Waals surface area contributed by atoms with Crippen molar-refractivity contribution in [3.63, 3.8) is 0 Å². The van der Waals surface area contributed by atoms with Crippen LogP contribution in [0.25, 0.3) is 0 Å². The van der Waals surface area contributed by atoms with E-state index in [0.717, 1.165) is 0 Å². The summed E-state index contributed by atoms with van der Waals surface area (Å²) in [7, 11) is -2.55. The van der Waals surface area contributed by atoms with Gasteiger partial charge in [-0.15, -0.1) is 0 Å². The summed E-state index contributed by atoms with van der Waals surface area (Å²) >= 11 is 0. The van der Waals surface area contributed by atoms with Gasteiger partial charge in [-0.3, -0.25) is 14.2 Å². The van der Waals surface area contributed by atoms with E-state index in [1.165, 1.54) is 42.2 Å². The zero-order valence-corrected chi connectivity index (χ0v) is 12.2. The highest BCUT2D eigenvalue weighted by atomic mass is 32.2. The Morgan fingerprint density at radius 1 is 1.27 bits per heavy atom. The van der Waals surface area contributed by atoms with Crippen molar-refractivity contribution in [1.29, 1.82) is 0 Å². The van der Waals surface area contributed by atoms with Crippen molar-refractivity contribution in [1.82, 2.24) is 9.78 Å². The summed E-state index contributed by atoms with van der Waals surface area (Å²) in [5.41, 5.74) is 4.66. The summed E-state index contributed by atoms with van der Waals surface area (Å²) in [6.07, 6.45) is 1.23. The predicted molar refractivity (Wildman–Crippen MR) is 75.9 cm³/mol. The number of amides is 1. The molecule has 0 aliphatic rings. The molecular formula is C12H12N4O5S. The monoisotopic (exact) mass is 324 g/mol. The van der Waals surface area contributed by atoms with Gasteiger partial charge in [0.15, 0.2) is 5.69 Å². The Hall–Kier alpha value is -2.88. The van der Waals surface area contributed by atoms with Crippen molar-refractivity contribution in [2.45, 2.75) is 4.90 Å². The largest absolute Gasteiger partial charge is 0.476 e. The number of hydrogen-bond acceptors (Lipinski definition) is 5. The van der Waals surface area contributed by atoms with Crippen molar-refractivity contribution in [2.75, 3.05) is 4.72 Å². The van der Waals surface area contributed by atoms with Crippen LogP contribution in [0.3, 0.4) is 0 Å². The molecule has 0 atom stereocenters. The fraction of sp³-hybridized carbons (Fsp3) is 0.0833. The van der Waals surface area contributed by atoms with E-state index < -0.39 is 27.6 Å². The molecule has 0 spiro atoms. The number of carbonyl (C=O) groups is 2. The smallest absolute Gasteiger partial charge is 0.358 e. The first-order chi connectivity index (χ1) is 10.2. The molecule has 1 amide bonds. The van der Waals surface area contributed by atoms with E-state index in [1.54, 1.807) is 0 Å². The first-order valence-corrected chi connectivity index (χ1v) is 7.38. The lowest BCUT2D eigenvalue weighted by atomic mass is 10.2. The molecule has 1 aromatic carbocycles. The van der Waals surface area contributed by atoms with Gasteiger partial charge in [0.25, 0.3) is 10.0 Å². The number of carbonyl (C=O) groups excluding carboxylic acids is 1. The first kappa shape index (κ1) is 15.5. The maximum Gasteiger partial charge on any atom is 0.358 e. The van der Waals surface area contributed by atoms with E-state index in [-0.39, 0.29) is 16.1 Å². The van der Waals surface area contributed by atoms with Gasteiger partial charge in [0, 0.05) is 18.8 Å². The number of hydrogen-bond donors (Lipinski definition) is 3. The number of primary amides is 1. The minimum atomic E-state index is -4.02. The molecule has 0 saturated heterocycles. The maximum atomic E-state index is 12.2. The van der Waals surface area contributed by atoms with Gasteiger partial charge >= 0.3 is 5.97 Å². The lowest BCUT2D eigenvalue weighted by Gasteiger charge is -2.07. The zero-order chi connectivity index (χ0) is 16.5. The third kappa shape index (κ3) is 3.06. The van der Waals surface area contributed by atoms with E-state index in [0.29, 0.717) is 0 Å². The van der Waals surface area contributed by atoms with E-state index in [4.69, 9.17) is 10.8 Å². The van der Waals surface area contributed by atoms with Crippen LogP contribution in [0.5, 0.6) is 0 Å². The van der Waals surface area contributed by atoms with Gasteiger partial charge in [-0.05, 0) is 24.3 Å². The molecule has 10 heteroatoms. The Balaban J connectivity index is 2.35. The Kier molecular flexibility index (Phi) is 3.87. The van der Waals surface area contributed by atoms with Gasteiger partial charge in [0.1, 0.15) is 5.69 Å². The van der Waals surface area contributed by atoms with Crippen LogP contribution in [0.4, 0.5) is 5.69 Å². The van der Waals surface area contributed by atoms with Crippen LogP contribution in [0, 0.1) is 0 Å². The number of nitrogens with one attached hydrogen (secondary N) is 1. The number of aryl methyl sites for hydroxylation is 1. The number of carboxylic acids is 1. The Bertz CT molecular complexity index is 839. The van der Waals surface area contributed by atoms with Crippen LogP contribution in [-0.4, -0.2) is 35.2 Å². The topological polar surface area (TPSA) is 144 Å². The van der Waals surface area contributed by atoms with Crippen molar-refractivity contribution in [3.05, 3.63) is 41.7 Å². The van der Waals surface area contributed by atoms with Crippen molar-refractivity contribution >= 4 is 27.6 Å². The molecule has 2 aromatic rings. The molecule has 0 unspecified atom stereocenters. The van der Waals surface area contributed by atoms with Crippen LogP contribution < -0.4 is 10.5 Å². The third-order valence-corrected chi connectivity index (χ3v) is 4.11. The molecule has 1 heterocycles. The van der Waals surface area contributed by atoms with Crippen LogP contribution in [0.2, 0.25) is 0 Å². The molecule has 1 aromatic heterocycles. The lowest BCUT2D eigenvalue weighted by molar-refractivity contribution is 0.0690. The second kappa shape index (κ2) is 5.48. The summed E-state index contributed by atoms with van der Waals surface area (Å²) < 4.78 is 27.7. The van der Waals surface area contributed by atoms with E-state index in [9.17, 15) is 18.0 Å². The van der Waals surface area contributed by atoms with Crippen LogP contribution in [0.1, 0.15) is 20.8 Å². The molecule has 0 aliphatic carbocycles. The standard InChI is InChI=1S/C12H12N4O5S/c1-16-6-9(10(14-16)12(18)19)15-22(20,21)8-4-2-7(3-5-8)11(13)17/h2-6,15H,1H3,(H2,13,17)(H,18,19). The molecule has 0 fully saturated rings. The minimum absolute atomic E-state index is 0.141. The van der Waals surface area contributed by atoms with Crippen LogP contribution in [-0.2, 0) is 17.1 Å². The predicted octanol–water partition coefficient (Wildman–Crippen LogP) is 0.0180. The van der Waals surface area contributed by atoms with Gasteiger partial charge in [-0.1, -0.05) is 0 Å². The lowest BCUT2D eigenvalue weighted by Crippen LogP contribution is -2.16. The minimum Gasteiger partial charge on any atom is -0.476 e. The summed E-state index contributed by atoms with van der Waals surface area (Å²) in [5, 5.41) is 12.6. The molecular weight excluding hydrogens is 312 g/mol. The number of aromatic carboxylic acids is 1. The number of nitrogens with zero attached hydrogens (tertiary/aromatic N) is 2. The first-order valence-electron chi connectivity index (χ1n) is 5.90. The van der Waals surface area contributed by atoms with Gasteiger partial charge in [0.2, 0.25) is 5.91 Å². The van der Waals surface area contributed by atoms with E-state index in [1.807, 2.05) is 0 Å². The average Bonchev–Trinajstić information content (AvgIpc) is 2.79. The highest BCUT2D eigenvalue weighted by Gasteiger charge is 2.21. The molecule has 2 rings (SSSR count). The Morgan fingerprint density at radius 2 is 1.86 bits per heavy atom. The number of nitrogens with two attached hydrogens (primary N) is 1. The quantitative estimate of drug-likeness (QED) is 0.707. The third-order valence-electron chi connectivity index (χ3n) is 2.72. The number of anilines is 1. The van der Waals surface area contributed by atoms with Crippen molar-refractivity contribution in [2.24, 2.45) is 12.8 Å². The highest BCUT2D eigenvalue weighted by molar-refractivity contribution is 7.92. The normalized spacial score (nSPS) is 11.1. The molecule has 0 aliphatic heterocycles. The fourth-order valence-electron chi connectivity index (χ4n) is 1.72. The molecule has 0 saturated carbocycles. The summed E-state index contributed by atoms with van der Waals surface area (Å²) in [4.78, 5) is 21.8. The zero-order valence-electron chi connectivity index (χ0n) is 11.3. The number of benzene rings is 1. The Morgan fingerprint density at radius 3 is 2.36 bits per heavy atom. The van der Waals surface area contributed by atoms with Crippen LogP contribution >= 0.6 is 0 Å².